The molecular weight excluding hydrogens is 342 g/mol. The fourth-order valence-electron chi connectivity index (χ4n) is 4.10. The van der Waals surface area contributed by atoms with Gasteiger partial charge >= 0.3 is 0 Å². The fourth-order valence-corrected chi connectivity index (χ4v) is 5.57. The SMILES string of the molecule is CCC(C)c1cc2c([Si](C)(C)C)cnc(-c3cc(C)cc(C)c3)c2cc1C. The summed E-state index contributed by atoms with van der Waals surface area (Å²) in [4.78, 5) is 5.00. The second-order valence-electron chi connectivity index (χ2n) is 9.21. The molecule has 0 saturated carbocycles. The van der Waals surface area contributed by atoms with Crippen molar-refractivity contribution in [3.8, 4) is 11.3 Å². The van der Waals surface area contributed by atoms with E-state index in [1.807, 2.05) is 0 Å². The molecule has 0 aliphatic rings. The summed E-state index contributed by atoms with van der Waals surface area (Å²) < 4.78 is 0. The fraction of sp³-hybridized carbons (Fsp3) is 0.400. The van der Waals surface area contributed by atoms with E-state index in [2.05, 4.69) is 90.8 Å². The summed E-state index contributed by atoms with van der Waals surface area (Å²) in [5.74, 6) is 0.585. The summed E-state index contributed by atoms with van der Waals surface area (Å²) in [6.07, 6.45) is 3.33. The molecule has 0 spiro atoms. The molecule has 0 amide bonds. The molecule has 3 aromatic rings. The number of benzene rings is 2. The van der Waals surface area contributed by atoms with E-state index in [-0.39, 0.29) is 0 Å². The van der Waals surface area contributed by atoms with Crippen molar-refractivity contribution in [2.24, 2.45) is 0 Å². The molecule has 0 aliphatic heterocycles. The average molecular weight is 376 g/mol. The minimum atomic E-state index is -1.49. The molecule has 2 heteroatoms. The first-order valence-electron chi connectivity index (χ1n) is 10.1. The molecule has 1 heterocycles. The van der Waals surface area contributed by atoms with Crippen molar-refractivity contribution in [1.82, 2.24) is 4.98 Å². The first-order valence-corrected chi connectivity index (χ1v) is 13.6. The lowest BCUT2D eigenvalue weighted by Crippen LogP contribution is -2.38. The van der Waals surface area contributed by atoms with Gasteiger partial charge in [0, 0.05) is 17.1 Å². The van der Waals surface area contributed by atoms with E-state index < -0.39 is 8.07 Å². The number of aromatic nitrogens is 1. The standard InChI is InChI=1S/C25H33NSi/c1-9-18(4)21-14-22-23(13-19(21)5)25(26-15-24(22)27(6,7)8)20-11-16(2)10-17(3)12-20/h10-15,18H,9H2,1-8H3. The Morgan fingerprint density at radius 1 is 0.889 bits per heavy atom. The molecule has 27 heavy (non-hydrogen) atoms. The van der Waals surface area contributed by atoms with Crippen LogP contribution in [0.15, 0.2) is 36.5 Å². The highest BCUT2D eigenvalue weighted by molar-refractivity contribution is 6.90. The van der Waals surface area contributed by atoms with Crippen molar-refractivity contribution in [2.45, 2.75) is 66.6 Å². The van der Waals surface area contributed by atoms with Gasteiger partial charge in [0.1, 0.15) is 0 Å². The molecule has 2 aromatic carbocycles. The zero-order valence-corrected chi connectivity index (χ0v) is 19.2. The summed E-state index contributed by atoms with van der Waals surface area (Å²) in [6, 6.07) is 11.6. The number of nitrogens with zero attached hydrogens (tertiary/aromatic N) is 1. The maximum Gasteiger partial charge on any atom is 0.0804 e. The van der Waals surface area contributed by atoms with Crippen molar-refractivity contribution in [3.05, 3.63) is 58.8 Å². The molecule has 1 nitrogen and oxygen atoms in total. The van der Waals surface area contributed by atoms with Gasteiger partial charge in [-0.05, 0) is 73.0 Å². The van der Waals surface area contributed by atoms with Crippen LogP contribution in [0.25, 0.3) is 22.0 Å². The lowest BCUT2D eigenvalue weighted by molar-refractivity contribution is 0.729. The van der Waals surface area contributed by atoms with Crippen LogP contribution >= 0.6 is 0 Å². The molecule has 1 atom stereocenters. The third kappa shape index (κ3) is 3.86. The van der Waals surface area contributed by atoms with Gasteiger partial charge in [-0.2, -0.15) is 0 Å². The van der Waals surface area contributed by atoms with Crippen LogP contribution in [0.5, 0.6) is 0 Å². The summed E-state index contributed by atoms with van der Waals surface area (Å²) in [6.45, 7) is 18.5. The number of aryl methyl sites for hydroxylation is 3. The minimum Gasteiger partial charge on any atom is -0.256 e. The van der Waals surface area contributed by atoms with E-state index in [1.54, 1.807) is 0 Å². The van der Waals surface area contributed by atoms with E-state index >= 15 is 0 Å². The molecule has 1 unspecified atom stereocenters. The van der Waals surface area contributed by atoms with Gasteiger partial charge in [-0.1, -0.05) is 56.7 Å². The number of rotatable bonds is 4. The van der Waals surface area contributed by atoms with Crippen molar-refractivity contribution in [1.29, 1.82) is 0 Å². The van der Waals surface area contributed by atoms with E-state index in [1.165, 1.54) is 50.2 Å². The van der Waals surface area contributed by atoms with Gasteiger partial charge in [-0.15, -0.1) is 0 Å². The van der Waals surface area contributed by atoms with Crippen LogP contribution in [0.3, 0.4) is 0 Å². The second kappa shape index (κ2) is 7.24. The normalized spacial score (nSPS) is 13.2. The third-order valence-corrected chi connectivity index (χ3v) is 7.74. The summed E-state index contributed by atoms with van der Waals surface area (Å²) in [5.41, 5.74) is 7.82. The van der Waals surface area contributed by atoms with E-state index in [4.69, 9.17) is 4.98 Å². The highest BCUT2D eigenvalue weighted by Crippen LogP contribution is 2.33. The van der Waals surface area contributed by atoms with Crippen molar-refractivity contribution >= 4 is 24.0 Å². The lowest BCUT2D eigenvalue weighted by Gasteiger charge is -2.23. The van der Waals surface area contributed by atoms with Gasteiger partial charge in [0.2, 0.25) is 0 Å². The number of hydrogen-bond acceptors (Lipinski definition) is 1. The Labute approximate surface area is 165 Å². The molecule has 0 saturated heterocycles. The van der Waals surface area contributed by atoms with Gasteiger partial charge in [-0.3, -0.25) is 4.98 Å². The predicted octanol–water partition coefficient (Wildman–Crippen LogP) is 6.89. The van der Waals surface area contributed by atoms with Gasteiger partial charge in [-0.25, -0.2) is 0 Å². The zero-order chi connectivity index (χ0) is 19.9. The topological polar surface area (TPSA) is 12.9 Å². The molecule has 0 fully saturated rings. The molecule has 1 aromatic heterocycles. The molecule has 0 bridgehead atoms. The Kier molecular flexibility index (Phi) is 5.31. The summed E-state index contributed by atoms with van der Waals surface area (Å²) >= 11 is 0. The van der Waals surface area contributed by atoms with Crippen LogP contribution in [0.1, 0.15) is 48.4 Å². The number of hydrogen-bond donors (Lipinski definition) is 0. The van der Waals surface area contributed by atoms with Gasteiger partial charge in [0.15, 0.2) is 0 Å². The lowest BCUT2D eigenvalue weighted by atomic mass is 9.90. The van der Waals surface area contributed by atoms with Crippen LogP contribution in [0.2, 0.25) is 19.6 Å². The van der Waals surface area contributed by atoms with Gasteiger partial charge in [0.25, 0.3) is 0 Å². The maximum atomic E-state index is 5.00. The van der Waals surface area contributed by atoms with Crippen LogP contribution in [0.4, 0.5) is 0 Å². The first-order chi connectivity index (χ1) is 12.6. The van der Waals surface area contributed by atoms with Gasteiger partial charge < -0.3 is 0 Å². The quantitative estimate of drug-likeness (QED) is 0.453. The van der Waals surface area contributed by atoms with Crippen LogP contribution in [-0.4, -0.2) is 13.1 Å². The second-order valence-corrected chi connectivity index (χ2v) is 14.2. The van der Waals surface area contributed by atoms with Crippen LogP contribution < -0.4 is 5.19 Å². The minimum absolute atomic E-state index is 0.585. The Morgan fingerprint density at radius 3 is 2.07 bits per heavy atom. The van der Waals surface area contributed by atoms with Crippen LogP contribution in [0, 0.1) is 20.8 Å². The van der Waals surface area contributed by atoms with Crippen LogP contribution in [-0.2, 0) is 0 Å². The Morgan fingerprint density at radius 2 is 1.52 bits per heavy atom. The van der Waals surface area contributed by atoms with Crippen molar-refractivity contribution in [2.75, 3.05) is 0 Å². The number of pyridine rings is 1. The molecule has 0 radical (unpaired) electrons. The maximum absolute atomic E-state index is 5.00. The highest BCUT2D eigenvalue weighted by atomic mass is 28.3. The monoisotopic (exact) mass is 375 g/mol. The average Bonchev–Trinajstić information content (AvgIpc) is 2.57. The highest BCUT2D eigenvalue weighted by Gasteiger charge is 2.23. The third-order valence-electron chi connectivity index (χ3n) is 5.72. The van der Waals surface area contributed by atoms with E-state index in [0.29, 0.717) is 5.92 Å². The largest absolute Gasteiger partial charge is 0.256 e. The molecule has 0 N–H and O–H groups in total. The Bertz CT molecular complexity index is 975. The van der Waals surface area contributed by atoms with E-state index in [0.717, 1.165) is 5.69 Å². The summed E-state index contributed by atoms with van der Waals surface area (Å²) in [5, 5.41) is 4.19. The number of fused-ring (bicyclic) bond motifs is 1. The smallest absolute Gasteiger partial charge is 0.0804 e. The molecular formula is C25H33NSi. The predicted molar refractivity (Wildman–Crippen MR) is 123 cm³/mol. The molecule has 3 rings (SSSR count). The zero-order valence-electron chi connectivity index (χ0n) is 18.2. The summed E-state index contributed by atoms with van der Waals surface area (Å²) in [7, 11) is -1.49. The first kappa shape index (κ1) is 19.8. The van der Waals surface area contributed by atoms with Crippen molar-refractivity contribution < 1.29 is 0 Å². The Balaban J connectivity index is 2.39. The molecule has 142 valence electrons. The van der Waals surface area contributed by atoms with Gasteiger partial charge in [0.05, 0.1) is 13.8 Å². The van der Waals surface area contributed by atoms with Crippen molar-refractivity contribution in [3.63, 3.8) is 0 Å². The molecule has 0 aliphatic carbocycles. The Hall–Kier alpha value is -1.93. The van der Waals surface area contributed by atoms with E-state index in [9.17, 15) is 0 Å².